The summed E-state index contributed by atoms with van der Waals surface area (Å²) in [6.07, 6.45) is 3.65. The molecule has 1 aromatic rings. The molecule has 0 atom stereocenters. The van der Waals surface area contributed by atoms with E-state index in [0.29, 0.717) is 0 Å². The first-order chi connectivity index (χ1) is 6.84. The molecule has 0 fully saturated rings. The lowest BCUT2D eigenvalue weighted by molar-refractivity contribution is 0.961. The highest BCUT2D eigenvalue weighted by Crippen LogP contribution is 2.07. The van der Waals surface area contributed by atoms with Gasteiger partial charge >= 0.3 is 0 Å². The lowest BCUT2D eigenvalue weighted by Crippen LogP contribution is -2.15. The van der Waals surface area contributed by atoms with E-state index in [2.05, 4.69) is 29.9 Å². The number of aromatic nitrogens is 1. The zero-order chi connectivity index (χ0) is 11.4. The molecule has 0 radical (unpaired) electrons. The van der Waals surface area contributed by atoms with Gasteiger partial charge in [-0.05, 0) is 19.1 Å². The highest BCUT2D eigenvalue weighted by molar-refractivity contribution is 5.42. The first kappa shape index (κ1) is 15.4. The molecule has 0 aliphatic rings. The van der Waals surface area contributed by atoms with Crippen LogP contribution in [-0.4, -0.2) is 18.6 Å². The SMILES string of the molecule is CC.CC.CCN(C)c1cccnc1. The molecule has 1 aromatic heterocycles. The van der Waals surface area contributed by atoms with Crippen LogP contribution in [0, 0.1) is 0 Å². The second kappa shape index (κ2) is 11.9. The summed E-state index contributed by atoms with van der Waals surface area (Å²) in [5.41, 5.74) is 1.17. The van der Waals surface area contributed by atoms with Gasteiger partial charge in [0.15, 0.2) is 0 Å². The molecule has 1 heterocycles. The van der Waals surface area contributed by atoms with Crippen molar-refractivity contribution in [2.24, 2.45) is 0 Å². The van der Waals surface area contributed by atoms with Gasteiger partial charge in [-0.1, -0.05) is 27.7 Å². The highest BCUT2D eigenvalue weighted by atomic mass is 15.1. The third-order valence-electron chi connectivity index (χ3n) is 1.56. The molecule has 14 heavy (non-hydrogen) atoms. The lowest BCUT2D eigenvalue weighted by Gasteiger charge is -2.14. The molecule has 82 valence electrons. The molecule has 0 amide bonds. The second-order valence-corrected chi connectivity index (χ2v) is 2.23. The molecule has 0 spiro atoms. The summed E-state index contributed by atoms with van der Waals surface area (Å²) in [6, 6.07) is 4.00. The molecule has 0 bridgehead atoms. The first-order valence-corrected chi connectivity index (χ1v) is 5.45. The summed E-state index contributed by atoms with van der Waals surface area (Å²) in [5, 5.41) is 0. The second-order valence-electron chi connectivity index (χ2n) is 2.23. The van der Waals surface area contributed by atoms with Crippen LogP contribution in [0.4, 0.5) is 5.69 Å². The van der Waals surface area contributed by atoms with Crippen molar-refractivity contribution >= 4 is 5.69 Å². The number of anilines is 1. The van der Waals surface area contributed by atoms with Gasteiger partial charge in [0.25, 0.3) is 0 Å². The van der Waals surface area contributed by atoms with Gasteiger partial charge in [0.1, 0.15) is 0 Å². The van der Waals surface area contributed by atoms with Crippen LogP contribution in [0.15, 0.2) is 24.5 Å². The van der Waals surface area contributed by atoms with Crippen molar-refractivity contribution in [3.8, 4) is 0 Å². The van der Waals surface area contributed by atoms with Crippen LogP contribution in [0.5, 0.6) is 0 Å². The molecular weight excluding hydrogens is 172 g/mol. The molecule has 0 saturated heterocycles. The number of rotatable bonds is 2. The number of nitrogens with zero attached hydrogens (tertiary/aromatic N) is 2. The summed E-state index contributed by atoms with van der Waals surface area (Å²) in [4.78, 5) is 6.16. The maximum absolute atomic E-state index is 4.01. The number of hydrogen-bond donors (Lipinski definition) is 0. The summed E-state index contributed by atoms with van der Waals surface area (Å²) in [5.74, 6) is 0. The van der Waals surface area contributed by atoms with Crippen LogP contribution in [0.25, 0.3) is 0 Å². The Balaban J connectivity index is 0. The van der Waals surface area contributed by atoms with Crippen LogP contribution in [0.1, 0.15) is 34.6 Å². The number of hydrogen-bond acceptors (Lipinski definition) is 2. The van der Waals surface area contributed by atoms with E-state index >= 15 is 0 Å². The lowest BCUT2D eigenvalue weighted by atomic mass is 10.4. The Bertz CT molecular complexity index is 185. The number of pyridine rings is 1. The molecule has 0 unspecified atom stereocenters. The maximum atomic E-state index is 4.01. The van der Waals surface area contributed by atoms with E-state index in [1.54, 1.807) is 6.20 Å². The minimum atomic E-state index is 1.02. The largest absolute Gasteiger partial charge is 0.374 e. The summed E-state index contributed by atoms with van der Waals surface area (Å²) in [7, 11) is 2.05. The fourth-order valence-electron chi connectivity index (χ4n) is 0.762. The Labute approximate surface area is 89.0 Å². The van der Waals surface area contributed by atoms with Gasteiger partial charge in [0.2, 0.25) is 0 Å². The van der Waals surface area contributed by atoms with E-state index in [4.69, 9.17) is 0 Å². The Hall–Kier alpha value is -1.05. The predicted molar refractivity (Wildman–Crippen MR) is 65.9 cm³/mol. The smallest absolute Gasteiger partial charge is 0.0550 e. The minimum absolute atomic E-state index is 1.02. The van der Waals surface area contributed by atoms with Crippen molar-refractivity contribution in [1.82, 2.24) is 4.98 Å². The molecule has 2 nitrogen and oxygen atoms in total. The van der Waals surface area contributed by atoms with Gasteiger partial charge in [-0.3, -0.25) is 4.98 Å². The van der Waals surface area contributed by atoms with E-state index in [0.717, 1.165) is 6.54 Å². The van der Waals surface area contributed by atoms with Crippen molar-refractivity contribution in [2.75, 3.05) is 18.5 Å². The molecule has 0 saturated carbocycles. The molecule has 2 heteroatoms. The zero-order valence-electron chi connectivity index (χ0n) is 10.4. The quantitative estimate of drug-likeness (QED) is 0.718. The van der Waals surface area contributed by atoms with Crippen LogP contribution in [-0.2, 0) is 0 Å². The third-order valence-corrected chi connectivity index (χ3v) is 1.56. The zero-order valence-corrected chi connectivity index (χ0v) is 10.4. The molecule has 0 aliphatic carbocycles. The van der Waals surface area contributed by atoms with E-state index in [-0.39, 0.29) is 0 Å². The van der Waals surface area contributed by atoms with E-state index in [1.165, 1.54) is 5.69 Å². The van der Waals surface area contributed by atoms with Crippen LogP contribution < -0.4 is 4.90 Å². The van der Waals surface area contributed by atoms with E-state index in [1.807, 2.05) is 40.0 Å². The topological polar surface area (TPSA) is 16.1 Å². The molecule has 1 rings (SSSR count). The van der Waals surface area contributed by atoms with Crippen LogP contribution in [0.3, 0.4) is 0 Å². The molecular formula is C12H24N2. The van der Waals surface area contributed by atoms with Gasteiger partial charge in [-0.2, -0.15) is 0 Å². The third kappa shape index (κ3) is 6.46. The van der Waals surface area contributed by atoms with Crippen molar-refractivity contribution in [3.05, 3.63) is 24.5 Å². The van der Waals surface area contributed by atoms with Crippen molar-refractivity contribution in [2.45, 2.75) is 34.6 Å². The monoisotopic (exact) mass is 196 g/mol. The Kier molecular flexibility index (Phi) is 13.2. The normalized spacial score (nSPS) is 7.57. The summed E-state index contributed by atoms with van der Waals surface area (Å²) >= 11 is 0. The average molecular weight is 196 g/mol. The highest BCUT2D eigenvalue weighted by Gasteiger charge is 1.93. The van der Waals surface area contributed by atoms with Gasteiger partial charge < -0.3 is 4.90 Å². The van der Waals surface area contributed by atoms with Crippen LogP contribution in [0.2, 0.25) is 0 Å². The average Bonchev–Trinajstić information content (AvgIpc) is 2.34. The molecule has 0 N–H and O–H groups in total. The fourth-order valence-corrected chi connectivity index (χ4v) is 0.762. The van der Waals surface area contributed by atoms with Gasteiger partial charge in [0, 0.05) is 19.8 Å². The standard InChI is InChI=1S/C8H12N2.2C2H6/c1-3-10(2)8-5-4-6-9-7-8;2*1-2/h4-7H,3H2,1-2H3;2*1-2H3. The fraction of sp³-hybridized carbons (Fsp3) is 0.583. The minimum Gasteiger partial charge on any atom is -0.374 e. The Morgan fingerprint density at radius 2 is 1.79 bits per heavy atom. The summed E-state index contributed by atoms with van der Waals surface area (Å²) < 4.78 is 0. The summed E-state index contributed by atoms with van der Waals surface area (Å²) in [6.45, 7) is 11.1. The molecule has 0 aromatic carbocycles. The van der Waals surface area contributed by atoms with Crippen molar-refractivity contribution < 1.29 is 0 Å². The molecule has 0 aliphatic heterocycles. The van der Waals surface area contributed by atoms with Gasteiger partial charge in [0.05, 0.1) is 11.9 Å². The van der Waals surface area contributed by atoms with E-state index in [9.17, 15) is 0 Å². The Morgan fingerprint density at radius 3 is 2.14 bits per heavy atom. The Morgan fingerprint density at radius 1 is 1.21 bits per heavy atom. The maximum Gasteiger partial charge on any atom is 0.0550 e. The van der Waals surface area contributed by atoms with Gasteiger partial charge in [-0.15, -0.1) is 0 Å². The van der Waals surface area contributed by atoms with Gasteiger partial charge in [-0.25, -0.2) is 0 Å². The van der Waals surface area contributed by atoms with Crippen molar-refractivity contribution in [1.29, 1.82) is 0 Å². The predicted octanol–water partition coefficient (Wildman–Crippen LogP) is 3.59. The van der Waals surface area contributed by atoms with Crippen LogP contribution >= 0.6 is 0 Å². The van der Waals surface area contributed by atoms with E-state index < -0.39 is 0 Å². The van der Waals surface area contributed by atoms with Crippen molar-refractivity contribution in [3.63, 3.8) is 0 Å². The first-order valence-electron chi connectivity index (χ1n) is 5.45.